The van der Waals surface area contributed by atoms with E-state index in [1.165, 1.54) is 17.5 Å². The number of ether oxygens (including phenoxy) is 2. The van der Waals surface area contributed by atoms with E-state index < -0.39 is 0 Å². The quantitative estimate of drug-likeness (QED) is 0.716. The number of carbonyl (C=O) groups excluding carboxylic acids is 1. The van der Waals surface area contributed by atoms with Gasteiger partial charge in [0.15, 0.2) is 5.13 Å². The molecule has 28 heavy (non-hydrogen) atoms. The molecule has 0 bridgehead atoms. The Balaban J connectivity index is 1.45. The highest BCUT2D eigenvalue weighted by atomic mass is 32.1. The van der Waals surface area contributed by atoms with E-state index in [-0.39, 0.29) is 11.5 Å². The van der Waals surface area contributed by atoms with Crippen LogP contribution in [0.3, 0.4) is 0 Å². The molecule has 1 amide bonds. The van der Waals surface area contributed by atoms with E-state index in [2.05, 4.69) is 25.3 Å². The number of carbonyl (C=O) groups is 1. The summed E-state index contributed by atoms with van der Waals surface area (Å²) < 4.78 is 13.8. The molecule has 1 spiro atoms. The second kappa shape index (κ2) is 6.42. The summed E-state index contributed by atoms with van der Waals surface area (Å²) in [6, 6.07) is 0. The molecule has 1 N–H and O–H groups in total. The highest BCUT2D eigenvalue weighted by Gasteiger charge is 2.47. The Bertz CT molecular complexity index is 1050. The molecule has 5 heterocycles. The summed E-state index contributed by atoms with van der Waals surface area (Å²) in [6.07, 6.45) is 7.23. The first-order valence-corrected chi connectivity index (χ1v) is 9.91. The number of aromatic nitrogens is 4. The van der Waals surface area contributed by atoms with Crippen LogP contribution in [-0.2, 0) is 11.8 Å². The fourth-order valence-corrected chi connectivity index (χ4v) is 4.83. The number of anilines is 2. The summed E-state index contributed by atoms with van der Waals surface area (Å²) in [4.78, 5) is 23.7. The molecular formula is C18H20N6O3S. The number of nitrogens with one attached hydrogen (secondary N) is 1. The molecule has 2 saturated heterocycles. The van der Waals surface area contributed by atoms with Gasteiger partial charge in [0.05, 0.1) is 35.5 Å². The molecule has 9 nitrogen and oxygen atoms in total. The van der Waals surface area contributed by atoms with Crippen molar-refractivity contribution in [3.63, 3.8) is 0 Å². The van der Waals surface area contributed by atoms with Gasteiger partial charge in [-0.25, -0.2) is 9.97 Å². The van der Waals surface area contributed by atoms with Gasteiger partial charge in [0, 0.05) is 32.9 Å². The van der Waals surface area contributed by atoms with Crippen molar-refractivity contribution in [1.29, 1.82) is 0 Å². The van der Waals surface area contributed by atoms with Crippen LogP contribution in [0.25, 0.3) is 10.2 Å². The SMILES string of the molecule is COc1ncc(N2CC3(CCCO3)C2)c2sc(NC(=O)c3cnn(C)c3)nc12. The first-order valence-electron chi connectivity index (χ1n) is 9.09. The van der Waals surface area contributed by atoms with Crippen molar-refractivity contribution in [3.8, 4) is 5.88 Å². The van der Waals surface area contributed by atoms with E-state index in [9.17, 15) is 4.79 Å². The van der Waals surface area contributed by atoms with Gasteiger partial charge in [-0.1, -0.05) is 11.3 Å². The van der Waals surface area contributed by atoms with Crippen LogP contribution in [0.15, 0.2) is 18.6 Å². The zero-order chi connectivity index (χ0) is 19.3. The van der Waals surface area contributed by atoms with E-state index >= 15 is 0 Å². The van der Waals surface area contributed by atoms with Gasteiger partial charge in [-0.3, -0.25) is 14.8 Å². The number of methoxy groups -OCH3 is 1. The van der Waals surface area contributed by atoms with Gasteiger partial charge in [0.2, 0.25) is 5.88 Å². The van der Waals surface area contributed by atoms with Gasteiger partial charge in [-0.05, 0) is 12.8 Å². The summed E-state index contributed by atoms with van der Waals surface area (Å²) in [5, 5.41) is 7.39. The highest BCUT2D eigenvalue weighted by molar-refractivity contribution is 7.23. The van der Waals surface area contributed by atoms with E-state index in [0.717, 1.165) is 42.9 Å². The number of fused-ring (bicyclic) bond motifs is 1. The normalized spacial score (nSPS) is 17.9. The fraction of sp³-hybridized carbons (Fsp3) is 0.444. The van der Waals surface area contributed by atoms with Crippen LogP contribution in [0.2, 0.25) is 0 Å². The lowest BCUT2D eigenvalue weighted by Gasteiger charge is -2.48. The molecule has 3 aromatic heterocycles. The predicted molar refractivity (Wildman–Crippen MR) is 105 cm³/mol. The third kappa shape index (κ3) is 2.80. The minimum absolute atomic E-state index is 0.00566. The highest BCUT2D eigenvalue weighted by Crippen LogP contribution is 2.43. The summed E-state index contributed by atoms with van der Waals surface area (Å²) in [6.45, 7) is 2.55. The Hall–Kier alpha value is -2.72. The van der Waals surface area contributed by atoms with Gasteiger partial charge >= 0.3 is 0 Å². The maximum absolute atomic E-state index is 12.4. The largest absolute Gasteiger partial charge is 0.479 e. The fourth-order valence-electron chi connectivity index (χ4n) is 3.84. The summed E-state index contributed by atoms with van der Waals surface area (Å²) in [5.74, 6) is 0.201. The van der Waals surface area contributed by atoms with Gasteiger partial charge in [-0.15, -0.1) is 0 Å². The van der Waals surface area contributed by atoms with Gasteiger partial charge in [-0.2, -0.15) is 5.10 Å². The average Bonchev–Trinajstić information content (AvgIpc) is 3.38. The van der Waals surface area contributed by atoms with Crippen molar-refractivity contribution in [2.24, 2.45) is 7.05 Å². The number of hydrogen-bond acceptors (Lipinski definition) is 8. The molecule has 0 aliphatic carbocycles. The smallest absolute Gasteiger partial charge is 0.260 e. The molecule has 2 fully saturated rings. The van der Waals surface area contributed by atoms with Crippen LogP contribution in [0, 0.1) is 0 Å². The van der Waals surface area contributed by atoms with Crippen molar-refractivity contribution in [2.75, 3.05) is 37.0 Å². The molecule has 0 saturated carbocycles. The maximum Gasteiger partial charge on any atom is 0.260 e. The number of pyridine rings is 1. The molecule has 0 atom stereocenters. The molecule has 3 aromatic rings. The molecule has 0 unspecified atom stereocenters. The van der Waals surface area contributed by atoms with Crippen molar-refractivity contribution >= 4 is 38.3 Å². The van der Waals surface area contributed by atoms with Gasteiger partial charge < -0.3 is 14.4 Å². The predicted octanol–water partition coefficient (Wildman–Crippen LogP) is 2.05. The monoisotopic (exact) mass is 400 g/mol. The standard InChI is InChI=1S/C18H20N6O3S/c1-23-8-11(6-20-23)15(25)22-17-21-13-14(28-17)12(7-19-16(13)26-2)24-9-18(10-24)4-3-5-27-18/h6-8H,3-5,9-10H2,1-2H3,(H,21,22,25). The van der Waals surface area contributed by atoms with Crippen LogP contribution in [0.4, 0.5) is 10.8 Å². The number of rotatable bonds is 4. The Morgan fingerprint density at radius 1 is 1.39 bits per heavy atom. The Morgan fingerprint density at radius 2 is 2.25 bits per heavy atom. The number of hydrogen-bond donors (Lipinski definition) is 1. The number of thiazole rings is 1. The zero-order valence-electron chi connectivity index (χ0n) is 15.6. The van der Waals surface area contributed by atoms with Crippen molar-refractivity contribution in [2.45, 2.75) is 18.4 Å². The van der Waals surface area contributed by atoms with E-state index in [1.54, 1.807) is 25.0 Å². The van der Waals surface area contributed by atoms with Crippen molar-refractivity contribution < 1.29 is 14.3 Å². The summed E-state index contributed by atoms with van der Waals surface area (Å²) in [7, 11) is 3.34. The second-order valence-electron chi connectivity index (χ2n) is 7.20. The number of aryl methyl sites for hydroxylation is 1. The van der Waals surface area contributed by atoms with Gasteiger partial charge in [0.1, 0.15) is 11.1 Å². The van der Waals surface area contributed by atoms with Crippen molar-refractivity contribution in [1.82, 2.24) is 19.7 Å². The van der Waals surface area contributed by atoms with E-state index in [1.807, 2.05) is 6.20 Å². The molecule has 0 radical (unpaired) electrons. The van der Waals surface area contributed by atoms with Crippen LogP contribution in [-0.4, -0.2) is 58.1 Å². The third-order valence-electron chi connectivity index (χ3n) is 5.23. The lowest BCUT2D eigenvalue weighted by molar-refractivity contribution is -0.0179. The zero-order valence-corrected chi connectivity index (χ0v) is 16.5. The minimum Gasteiger partial charge on any atom is -0.479 e. The van der Waals surface area contributed by atoms with Crippen LogP contribution < -0.4 is 15.0 Å². The Kier molecular flexibility index (Phi) is 3.98. The number of nitrogens with zero attached hydrogens (tertiary/aromatic N) is 5. The molecular weight excluding hydrogens is 380 g/mol. The lowest BCUT2D eigenvalue weighted by atomic mass is 9.90. The van der Waals surface area contributed by atoms with E-state index in [0.29, 0.717) is 22.1 Å². The second-order valence-corrected chi connectivity index (χ2v) is 8.20. The van der Waals surface area contributed by atoms with Crippen LogP contribution >= 0.6 is 11.3 Å². The molecule has 5 rings (SSSR count). The maximum atomic E-state index is 12.4. The molecule has 2 aliphatic rings. The van der Waals surface area contributed by atoms with E-state index in [4.69, 9.17) is 9.47 Å². The van der Waals surface area contributed by atoms with Crippen LogP contribution in [0.5, 0.6) is 5.88 Å². The Labute approximate surface area is 165 Å². The third-order valence-corrected chi connectivity index (χ3v) is 6.22. The number of amides is 1. The first kappa shape index (κ1) is 17.4. The average molecular weight is 400 g/mol. The minimum atomic E-state index is -0.247. The van der Waals surface area contributed by atoms with Crippen LogP contribution in [0.1, 0.15) is 23.2 Å². The Morgan fingerprint density at radius 3 is 2.93 bits per heavy atom. The van der Waals surface area contributed by atoms with Gasteiger partial charge in [0.25, 0.3) is 5.91 Å². The molecule has 10 heteroatoms. The molecule has 2 aliphatic heterocycles. The summed E-state index contributed by atoms with van der Waals surface area (Å²) >= 11 is 1.42. The molecule has 146 valence electrons. The molecule has 0 aromatic carbocycles. The van der Waals surface area contributed by atoms with Crippen molar-refractivity contribution in [3.05, 3.63) is 24.2 Å². The topological polar surface area (TPSA) is 94.4 Å². The first-order chi connectivity index (χ1) is 13.6. The summed E-state index contributed by atoms with van der Waals surface area (Å²) in [5.41, 5.74) is 2.13. The lowest BCUT2D eigenvalue weighted by Crippen LogP contribution is -2.61.